The Bertz CT molecular complexity index is 601. The quantitative estimate of drug-likeness (QED) is 0.805. The molecule has 26 heavy (non-hydrogen) atoms. The number of nitrogens with zero attached hydrogens (tertiary/aromatic N) is 2. The van der Waals surface area contributed by atoms with Gasteiger partial charge in [0.15, 0.2) is 11.5 Å². The van der Waals surface area contributed by atoms with Gasteiger partial charge in [0.25, 0.3) is 5.91 Å². The maximum absolute atomic E-state index is 13.3. The minimum Gasteiger partial charge on any atom is -0.493 e. The van der Waals surface area contributed by atoms with E-state index in [0.29, 0.717) is 17.1 Å². The molecule has 144 valence electrons. The zero-order valence-electron chi connectivity index (χ0n) is 15.9. The minimum atomic E-state index is 0.0890. The van der Waals surface area contributed by atoms with Crippen LogP contribution in [-0.2, 0) is 4.74 Å². The van der Waals surface area contributed by atoms with E-state index in [-0.39, 0.29) is 11.9 Å². The van der Waals surface area contributed by atoms with Crippen molar-refractivity contribution in [3.8, 4) is 11.5 Å². The zero-order valence-corrected chi connectivity index (χ0v) is 15.9. The predicted molar refractivity (Wildman–Crippen MR) is 100 cm³/mol. The van der Waals surface area contributed by atoms with Crippen LogP contribution in [0.2, 0.25) is 0 Å². The molecule has 0 aliphatic carbocycles. The van der Waals surface area contributed by atoms with Gasteiger partial charge in [0.05, 0.1) is 27.4 Å². The van der Waals surface area contributed by atoms with E-state index in [9.17, 15) is 4.79 Å². The molecule has 2 aliphatic rings. The molecule has 0 saturated carbocycles. The minimum absolute atomic E-state index is 0.0890. The first-order valence-corrected chi connectivity index (χ1v) is 9.56. The first-order valence-electron chi connectivity index (χ1n) is 9.56. The number of morpholine rings is 1. The summed E-state index contributed by atoms with van der Waals surface area (Å²) in [7, 11) is 3.20. The number of ether oxygens (including phenoxy) is 3. The molecule has 1 amide bonds. The van der Waals surface area contributed by atoms with Gasteiger partial charge in [-0.2, -0.15) is 0 Å². The number of hydrogen-bond donors (Lipinski definition) is 0. The summed E-state index contributed by atoms with van der Waals surface area (Å²) >= 11 is 0. The Morgan fingerprint density at radius 3 is 2.58 bits per heavy atom. The summed E-state index contributed by atoms with van der Waals surface area (Å²) in [5, 5.41) is 0. The van der Waals surface area contributed by atoms with Gasteiger partial charge in [-0.1, -0.05) is 12.8 Å². The Balaban J connectivity index is 1.77. The van der Waals surface area contributed by atoms with E-state index in [0.717, 1.165) is 52.2 Å². The van der Waals surface area contributed by atoms with Crippen molar-refractivity contribution in [1.29, 1.82) is 0 Å². The standard InChI is InChI=1S/C20H30N2O4/c1-24-18-8-7-16(14-19(18)25-2)20(23)22-9-5-3-4-6-17(22)15-21-10-12-26-13-11-21/h7-8,14,17H,3-6,9-13,15H2,1-2H3/t17-/m1/s1. The molecule has 2 saturated heterocycles. The lowest BCUT2D eigenvalue weighted by atomic mass is 10.1. The maximum atomic E-state index is 13.3. The average Bonchev–Trinajstić information content (AvgIpc) is 2.93. The highest BCUT2D eigenvalue weighted by molar-refractivity contribution is 5.95. The summed E-state index contributed by atoms with van der Waals surface area (Å²) in [6.45, 7) is 5.24. The van der Waals surface area contributed by atoms with Gasteiger partial charge >= 0.3 is 0 Å². The van der Waals surface area contributed by atoms with Crippen molar-refractivity contribution in [2.24, 2.45) is 0 Å². The summed E-state index contributed by atoms with van der Waals surface area (Å²) in [5.41, 5.74) is 0.663. The van der Waals surface area contributed by atoms with E-state index in [1.54, 1.807) is 26.4 Å². The topological polar surface area (TPSA) is 51.2 Å². The third kappa shape index (κ3) is 4.48. The third-order valence-corrected chi connectivity index (χ3v) is 5.34. The second kappa shape index (κ2) is 9.24. The Labute approximate surface area is 156 Å². The van der Waals surface area contributed by atoms with Crippen LogP contribution >= 0.6 is 0 Å². The third-order valence-electron chi connectivity index (χ3n) is 5.34. The molecule has 2 aliphatic heterocycles. The number of carbonyl (C=O) groups is 1. The maximum Gasteiger partial charge on any atom is 0.254 e. The molecule has 2 fully saturated rings. The normalized spacial score (nSPS) is 21.9. The molecule has 0 unspecified atom stereocenters. The van der Waals surface area contributed by atoms with Crippen LogP contribution in [0.5, 0.6) is 11.5 Å². The Kier molecular flexibility index (Phi) is 6.74. The fourth-order valence-electron chi connectivity index (χ4n) is 3.85. The summed E-state index contributed by atoms with van der Waals surface area (Å²) in [5.74, 6) is 1.33. The Morgan fingerprint density at radius 1 is 1.08 bits per heavy atom. The fourth-order valence-corrected chi connectivity index (χ4v) is 3.85. The molecule has 1 atom stereocenters. The summed E-state index contributed by atoms with van der Waals surface area (Å²) in [6.07, 6.45) is 4.51. The van der Waals surface area contributed by atoms with Crippen LogP contribution in [0.4, 0.5) is 0 Å². The van der Waals surface area contributed by atoms with Gasteiger partial charge in [-0.05, 0) is 31.0 Å². The number of benzene rings is 1. The van der Waals surface area contributed by atoms with E-state index in [2.05, 4.69) is 9.80 Å². The molecule has 1 aromatic carbocycles. The lowest BCUT2D eigenvalue weighted by Gasteiger charge is -2.36. The van der Waals surface area contributed by atoms with Crippen molar-refractivity contribution < 1.29 is 19.0 Å². The van der Waals surface area contributed by atoms with Crippen molar-refractivity contribution in [3.63, 3.8) is 0 Å². The molecule has 2 heterocycles. The van der Waals surface area contributed by atoms with Gasteiger partial charge in [0, 0.05) is 37.8 Å². The zero-order chi connectivity index (χ0) is 18.4. The molecular formula is C20H30N2O4. The highest BCUT2D eigenvalue weighted by atomic mass is 16.5. The number of carbonyl (C=O) groups excluding carboxylic acids is 1. The molecule has 6 nitrogen and oxygen atoms in total. The smallest absolute Gasteiger partial charge is 0.254 e. The Morgan fingerprint density at radius 2 is 1.85 bits per heavy atom. The summed E-state index contributed by atoms with van der Waals surface area (Å²) < 4.78 is 16.1. The van der Waals surface area contributed by atoms with Crippen molar-refractivity contribution in [1.82, 2.24) is 9.80 Å². The molecule has 0 spiro atoms. The van der Waals surface area contributed by atoms with E-state index >= 15 is 0 Å². The second-order valence-corrected chi connectivity index (χ2v) is 6.98. The van der Waals surface area contributed by atoms with E-state index in [1.807, 2.05) is 6.07 Å². The average molecular weight is 362 g/mol. The van der Waals surface area contributed by atoms with Crippen LogP contribution in [0.25, 0.3) is 0 Å². The lowest BCUT2D eigenvalue weighted by Crippen LogP contribution is -2.49. The van der Waals surface area contributed by atoms with E-state index in [4.69, 9.17) is 14.2 Å². The molecule has 3 rings (SSSR count). The van der Waals surface area contributed by atoms with Gasteiger partial charge in [-0.25, -0.2) is 0 Å². The molecule has 1 aromatic rings. The predicted octanol–water partition coefficient (Wildman–Crippen LogP) is 2.42. The lowest BCUT2D eigenvalue weighted by molar-refractivity contribution is 0.0218. The van der Waals surface area contributed by atoms with Crippen molar-refractivity contribution in [2.75, 3.05) is 53.6 Å². The Hall–Kier alpha value is -1.79. The van der Waals surface area contributed by atoms with Crippen molar-refractivity contribution in [2.45, 2.75) is 31.7 Å². The van der Waals surface area contributed by atoms with Crippen LogP contribution in [0.1, 0.15) is 36.0 Å². The van der Waals surface area contributed by atoms with Gasteiger partial charge < -0.3 is 19.1 Å². The van der Waals surface area contributed by atoms with Gasteiger partial charge in [0.1, 0.15) is 0 Å². The molecule has 0 N–H and O–H groups in total. The monoisotopic (exact) mass is 362 g/mol. The number of likely N-dealkylation sites (tertiary alicyclic amines) is 1. The second-order valence-electron chi connectivity index (χ2n) is 6.98. The van der Waals surface area contributed by atoms with Crippen molar-refractivity contribution >= 4 is 5.91 Å². The van der Waals surface area contributed by atoms with Crippen LogP contribution in [-0.4, -0.2) is 75.4 Å². The molecule has 0 bridgehead atoms. The molecular weight excluding hydrogens is 332 g/mol. The van der Waals surface area contributed by atoms with Crippen molar-refractivity contribution in [3.05, 3.63) is 23.8 Å². The fraction of sp³-hybridized carbons (Fsp3) is 0.650. The summed E-state index contributed by atoms with van der Waals surface area (Å²) in [6, 6.07) is 5.69. The van der Waals surface area contributed by atoms with Crippen LogP contribution in [0, 0.1) is 0 Å². The highest BCUT2D eigenvalue weighted by Gasteiger charge is 2.29. The molecule has 6 heteroatoms. The largest absolute Gasteiger partial charge is 0.493 e. The van der Waals surface area contributed by atoms with Gasteiger partial charge in [-0.15, -0.1) is 0 Å². The summed E-state index contributed by atoms with van der Waals surface area (Å²) in [4.78, 5) is 17.8. The number of amides is 1. The van der Waals surface area contributed by atoms with E-state index in [1.165, 1.54) is 12.8 Å². The van der Waals surface area contributed by atoms with Gasteiger partial charge in [-0.3, -0.25) is 9.69 Å². The molecule has 0 aromatic heterocycles. The van der Waals surface area contributed by atoms with Crippen LogP contribution < -0.4 is 9.47 Å². The first kappa shape index (κ1) is 19.0. The molecule has 0 radical (unpaired) electrons. The van der Waals surface area contributed by atoms with Crippen LogP contribution in [0.15, 0.2) is 18.2 Å². The number of hydrogen-bond acceptors (Lipinski definition) is 5. The highest BCUT2D eigenvalue weighted by Crippen LogP contribution is 2.29. The SMILES string of the molecule is COc1ccc(C(=O)N2CCCCC[C@@H]2CN2CCOCC2)cc1OC. The number of rotatable bonds is 5. The first-order chi connectivity index (χ1) is 12.7. The van der Waals surface area contributed by atoms with Gasteiger partial charge in [0.2, 0.25) is 0 Å². The van der Waals surface area contributed by atoms with E-state index < -0.39 is 0 Å². The number of methoxy groups -OCH3 is 2. The van der Waals surface area contributed by atoms with Crippen LogP contribution in [0.3, 0.4) is 0 Å².